The van der Waals surface area contributed by atoms with Crippen LogP contribution in [-0.4, -0.2) is 76.4 Å². The molecule has 27 heavy (non-hydrogen) atoms. The normalized spacial score (nSPS) is 30.3. The minimum absolute atomic E-state index is 0.0338. The molecule has 14 heteroatoms. The van der Waals surface area contributed by atoms with E-state index in [1.54, 1.807) is 0 Å². The summed E-state index contributed by atoms with van der Waals surface area (Å²) in [5.74, 6) is 0. The van der Waals surface area contributed by atoms with Gasteiger partial charge in [-0.3, -0.25) is 0 Å². The molecule has 5 atom stereocenters. The molecular formula is C13H20N2O12. The predicted octanol–water partition coefficient (Wildman–Crippen LogP) is -0.0761. The van der Waals surface area contributed by atoms with Crippen molar-refractivity contribution in [3.63, 3.8) is 0 Å². The molecule has 0 aliphatic carbocycles. The van der Waals surface area contributed by atoms with Crippen LogP contribution in [0, 0.1) is 20.2 Å². The first-order valence-corrected chi connectivity index (χ1v) is 8.16. The molecule has 2 saturated heterocycles. The standard InChI is InChI=1S/C13H20N2O12/c16-10-7-23-11-9(26-12(17)18)6-24-13(10,11)4-2-1-3-8(27-15(21)22)5-25-14(19)20/h8-11,16H,1-7H2,(H,17,18)/t8?,9-,10-,11-,13-/m1/s1. The summed E-state index contributed by atoms with van der Waals surface area (Å²) in [5.41, 5.74) is -1.13. The van der Waals surface area contributed by atoms with Crippen molar-refractivity contribution in [2.75, 3.05) is 19.8 Å². The lowest BCUT2D eigenvalue weighted by Crippen LogP contribution is -2.47. The second-order valence-corrected chi connectivity index (χ2v) is 6.17. The third-order valence-corrected chi connectivity index (χ3v) is 4.53. The molecule has 0 spiro atoms. The zero-order chi connectivity index (χ0) is 20.0. The van der Waals surface area contributed by atoms with Crippen molar-refractivity contribution < 1.29 is 49.1 Å². The van der Waals surface area contributed by atoms with Crippen LogP contribution in [-0.2, 0) is 23.9 Å². The van der Waals surface area contributed by atoms with Gasteiger partial charge in [-0.1, -0.05) is 12.8 Å². The number of carboxylic acid groups (broad SMARTS) is 1. The molecule has 2 N–H and O–H groups in total. The Hall–Kier alpha value is -2.45. The molecule has 0 aromatic carbocycles. The third-order valence-electron chi connectivity index (χ3n) is 4.53. The Bertz CT molecular complexity index is 559. The molecule has 0 aromatic rings. The van der Waals surface area contributed by atoms with Crippen molar-refractivity contribution in [1.29, 1.82) is 0 Å². The van der Waals surface area contributed by atoms with E-state index in [0.717, 1.165) is 0 Å². The van der Waals surface area contributed by atoms with E-state index in [-0.39, 0.29) is 26.1 Å². The molecule has 2 fully saturated rings. The molecular weight excluding hydrogens is 376 g/mol. The van der Waals surface area contributed by atoms with Gasteiger partial charge >= 0.3 is 6.16 Å². The van der Waals surface area contributed by atoms with Gasteiger partial charge in [0.05, 0.1) is 13.2 Å². The number of unbranched alkanes of at least 4 members (excludes halogenated alkanes) is 1. The Morgan fingerprint density at radius 3 is 2.63 bits per heavy atom. The van der Waals surface area contributed by atoms with E-state index in [1.165, 1.54) is 0 Å². The predicted molar refractivity (Wildman–Crippen MR) is 80.6 cm³/mol. The van der Waals surface area contributed by atoms with E-state index in [9.17, 15) is 30.1 Å². The molecule has 2 aliphatic rings. The van der Waals surface area contributed by atoms with E-state index in [2.05, 4.69) is 9.68 Å². The Kier molecular flexibility index (Phi) is 6.92. The van der Waals surface area contributed by atoms with Gasteiger partial charge in [-0.25, -0.2) is 4.79 Å². The highest BCUT2D eigenvalue weighted by atomic mass is 17.0. The summed E-state index contributed by atoms with van der Waals surface area (Å²) in [4.78, 5) is 39.8. The monoisotopic (exact) mass is 396 g/mol. The van der Waals surface area contributed by atoms with Gasteiger partial charge < -0.3 is 34.1 Å². The first-order chi connectivity index (χ1) is 12.7. The second-order valence-electron chi connectivity index (χ2n) is 6.17. The molecule has 0 amide bonds. The van der Waals surface area contributed by atoms with Crippen molar-refractivity contribution >= 4 is 6.16 Å². The molecule has 14 nitrogen and oxygen atoms in total. The van der Waals surface area contributed by atoms with E-state index in [1.807, 2.05) is 0 Å². The highest BCUT2D eigenvalue weighted by molar-refractivity contribution is 5.57. The first kappa shape index (κ1) is 20.9. The average molecular weight is 396 g/mol. The van der Waals surface area contributed by atoms with Gasteiger partial charge in [-0.2, -0.15) is 0 Å². The summed E-state index contributed by atoms with van der Waals surface area (Å²) in [6.07, 6.45) is -4.05. The van der Waals surface area contributed by atoms with Crippen molar-refractivity contribution in [3.8, 4) is 0 Å². The SMILES string of the molecule is O=C(O)O[C@@H]1CO[C@]2(CCCCC(CO[N+](=O)[O-])O[N+](=O)[O-])[C@H](O)CO[C@H]12. The third kappa shape index (κ3) is 5.27. The number of nitrogens with zero attached hydrogens (tertiary/aromatic N) is 2. The van der Waals surface area contributed by atoms with Crippen LogP contribution < -0.4 is 0 Å². The van der Waals surface area contributed by atoms with Gasteiger partial charge in [0.25, 0.3) is 10.2 Å². The molecule has 0 saturated carbocycles. The summed E-state index contributed by atoms with van der Waals surface area (Å²) >= 11 is 0. The van der Waals surface area contributed by atoms with E-state index < -0.39 is 53.0 Å². The molecule has 2 heterocycles. The molecule has 0 radical (unpaired) electrons. The van der Waals surface area contributed by atoms with Gasteiger partial charge in [0.2, 0.25) is 0 Å². The van der Waals surface area contributed by atoms with Gasteiger partial charge in [-0.05, 0) is 12.8 Å². The van der Waals surface area contributed by atoms with Gasteiger partial charge in [0, 0.05) is 0 Å². The number of hydrogen-bond acceptors (Lipinski definition) is 11. The number of hydrogen-bond donors (Lipinski definition) is 2. The Labute approximate surface area is 152 Å². The lowest BCUT2D eigenvalue weighted by Gasteiger charge is -2.30. The van der Waals surface area contributed by atoms with E-state index in [0.29, 0.717) is 12.8 Å². The molecule has 1 unspecified atom stereocenters. The van der Waals surface area contributed by atoms with Crippen LogP contribution in [0.5, 0.6) is 0 Å². The maximum atomic E-state index is 10.7. The van der Waals surface area contributed by atoms with Gasteiger partial charge in [0.1, 0.15) is 30.5 Å². The minimum Gasteiger partial charge on any atom is -0.450 e. The minimum atomic E-state index is -1.48. The fraction of sp³-hybridized carbons (Fsp3) is 0.923. The zero-order valence-corrected chi connectivity index (χ0v) is 14.1. The summed E-state index contributed by atoms with van der Waals surface area (Å²) in [5, 5.41) is 37.5. The highest BCUT2D eigenvalue weighted by Gasteiger charge is 2.60. The van der Waals surface area contributed by atoms with Crippen LogP contribution >= 0.6 is 0 Å². The van der Waals surface area contributed by atoms with E-state index >= 15 is 0 Å². The van der Waals surface area contributed by atoms with Crippen LogP contribution in [0.3, 0.4) is 0 Å². The second kappa shape index (κ2) is 8.96. The fourth-order valence-corrected chi connectivity index (χ4v) is 3.40. The maximum absolute atomic E-state index is 10.7. The van der Waals surface area contributed by atoms with Crippen LogP contribution in [0.4, 0.5) is 4.79 Å². The molecule has 2 rings (SSSR count). The Morgan fingerprint density at radius 1 is 1.26 bits per heavy atom. The van der Waals surface area contributed by atoms with Crippen LogP contribution in [0.25, 0.3) is 0 Å². The Morgan fingerprint density at radius 2 is 2.00 bits per heavy atom. The van der Waals surface area contributed by atoms with Gasteiger partial charge in [0.15, 0.2) is 6.10 Å². The molecule has 0 bridgehead atoms. The maximum Gasteiger partial charge on any atom is 0.506 e. The largest absolute Gasteiger partial charge is 0.506 e. The van der Waals surface area contributed by atoms with E-state index in [4.69, 9.17) is 19.3 Å². The zero-order valence-electron chi connectivity index (χ0n) is 14.1. The average Bonchev–Trinajstić information content (AvgIpc) is 3.07. The summed E-state index contributed by atoms with van der Waals surface area (Å²) in [6.45, 7) is -0.676. The number of rotatable bonds is 11. The van der Waals surface area contributed by atoms with Crippen LogP contribution in [0.15, 0.2) is 0 Å². The molecule has 154 valence electrons. The number of fused-ring (bicyclic) bond motifs is 1. The van der Waals surface area contributed by atoms with Crippen molar-refractivity contribution in [1.82, 2.24) is 0 Å². The van der Waals surface area contributed by atoms with Crippen LogP contribution in [0.1, 0.15) is 25.7 Å². The summed E-state index contributed by atoms with van der Waals surface area (Å²) in [7, 11) is 0. The van der Waals surface area contributed by atoms with Crippen LogP contribution in [0.2, 0.25) is 0 Å². The lowest BCUT2D eigenvalue weighted by atomic mass is 9.86. The molecule has 2 aliphatic heterocycles. The highest BCUT2D eigenvalue weighted by Crippen LogP contribution is 2.42. The van der Waals surface area contributed by atoms with Crippen molar-refractivity contribution in [3.05, 3.63) is 20.2 Å². The number of carbonyl (C=O) groups is 1. The number of ether oxygens (including phenoxy) is 3. The smallest absolute Gasteiger partial charge is 0.450 e. The number of aliphatic hydroxyl groups is 1. The quantitative estimate of drug-likeness (QED) is 0.205. The van der Waals surface area contributed by atoms with Crippen molar-refractivity contribution in [2.24, 2.45) is 0 Å². The van der Waals surface area contributed by atoms with Crippen molar-refractivity contribution in [2.45, 2.75) is 55.7 Å². The summed E-state index contributed by atoms with van der Waals surface area (Å²) < 4.78 is 15.8. The lowest BCUT2D eigenvalue weighted by molar-refractivity contribution is -0.790. The Balaban J connectivity index is 1.85. The fourth-order valence-electron chi connectivity index (χ4n) is 3.40. The topological polar surface area (TPSA) is 190 Å². The number of aliphatic hydroxyl groups excluding tert-OH is 1. The molecule has 0 aromatic heterocycles. The summed E-state index contributed by atoms with van der Waals surface area (Å²) in [6, 6.07) is 0. The first-order valence-electron chi connectivity index (χ1n) is 8.16. The van der Waals surface area contributed by atoms with Gasteiger partial charge in [-0.15, -0.1) is 20.2 Å².